The standard InChI is InChI=1S/C13H18F3NO2/c1-5-9(17-10(18)19-11(2,3)4)8-12(6-7-12)13(14,15)16/h1,9H,6-8H2,2-4H3,(H,17,18). The first kappa shape index (κ1) is 15.7. The van der Waals surface area contributed by atoms with E-state index in [1.807, 2.05) is 0 Å². The first-order valence-electron chi connectivity index (χ1n) is 6.01. The molecule has 0 aliphatic heterocycles. The molecule has 1 N–H and O–H groups in total. The van der Waals surface area contributed by atoms with Crippen molar-refractivity contribution in [1.82, 2.24) is 5.32 Å². The number of carbonyl (C=O) groups excluding carboxylic acids is 1. The summed E-state index contributed by atoms with van der Waals surface area (Å²) in [7, 11) is 0. The number of rotatable bonds is 3. The summed E-state index contributed by atoms with van der Waals surface area (Å²) in [5.74, 6) is 2.17. The number of hydrogen-bond donors (Lipinski definition) is 1. The van der Waals surface area contributed by atoms with E-state index >= 15 is 0 Å². The molecule has 0 aromatic rings. The quantitative estimate of drug-likeness (QED) is 0.804. The molecule has 1 aliphatic rings. The molecular formula is C13H18F3NO2. The number of alkyl carbamates (subject to hydrolysis) is 1. The number of alkyl halides is 3. The summed E-state index contributed by atoms with van der Waals surface area (Å²) in [6, 6.07) is -0.973. The van der Waals surface area contributed by atoms with Crippen LogP contribution in [0.5, 0.6) is 0 Å². The molecule has 1 aliphatic carbocycles. The maximum atomic E-state index is 12.8. The molecule has 0 bridgehead atoms. The fraction of sp³-hybridized carbons (Fsp3) is 0.769. The molecule has 1 atom stereocenters. The van der Waals surface area contributed by atoms with Gasteiger partial charge in [-0.1, -0.05) is 5.92 Å². The van der Waals surface area contributed by atoms with Crippen molar-refractivity contribution in [3.05, 3.63) is 0 Å². The SMILES string of the molecule is C#CC(CC1(C(F)(F)F)CC1)NC(=O)OC(C)(C)C. The summed E-state index contributed by atoms with van der Waals surface area (Å²) >= 11 is 0. The van der Waals surface area contributed by atoms with E-state index in [4.69, 9.17) is 11.2 Å². The molecule has 0 aromatic carbocycles. The zero-order valence-corrected chi connectivity index (χ0v) is 11.2. The van der Waals surface area contributed by atoms with Crippen LogP contribution in [0.4, 0.5) is 18.0 Å². The van der Waals surface area contributed by atoms with Crippen LogP contribution in [0.3, 0.4) is 0 Å². The molecule has 0 saturated heterocycles. The fourth-order valence-corrected chi connectivity index (χ4v) is 1.75. The number of amides is 1. The van der Waals surface area contributed by atoms with Crippen molar-refractivity contribution in [1.29, 1.82) is 0 Å². The maximum Gasteiger partial charge on any atom is 0.408 e. The number of ether oxygens (including phenoxy) is 1. The van der Waals surface area contributed by atoms with Gasteiger partial charge in [0.1, 0.15) is 5.60 Å². The lowest BCUT2D eigenvalue weighted by Gasteiger charge is -2.25. The van der Waals surface area contributed by atoms with Crippen molar-refractivity contribution in [3.8, 4) is 12.3 Å². The van der Waals surface area contributed by atoms with E-state index in [1.165, 1.54) is 0 Å². The van der Waals surface area contributed by atoms with Crippen molar-refractivity contribution in [2.75, 3.05) is 0 Å². The van der Waals surface area contributed by atoms with Crippen molar-refractivity contribution >= 4 is 6.09 Å². The Bertz CT molecular complexity index is 386. The summed E-state index contributed by atoms with van der Waals surface area (Å²) in [6.45, 7) is 4.99. The zero-order chi connectivity index (χ0) is 14.9. The van der Waals surface area contributed by atoms with Crippen LogP contribution in [0, 0.1) is 17.8 Å². The molecule has 0 radical (unpaired) electrons. The lowest BCUT2D eigenvalue weighted by molar-refractivity contribution is -0.189. The van der Waals surface area contributed by atoms with Crippen molar-refractivity contribution in [3.63, 3.8) is 0 Å². The predicted octanol–water partition coefficient (Wildman–Crippen LogP) is 3.25. The van der Waals surface area contributed by atoms with Crippen LogP contribution in [0.15, 0.2) is 0 Å². The second kappa shape index (κ2) is 4.95. The average Bonchev–Trinajstić information content (AvgIpc) is 2.93. The third kappa shape index (κ3) is 4.34. The number of nitrogens with one attached hydrogen (secondary N) is 1. The summed E-state index contributed by atoms with van der Waals surface area (Å²) in [4.78, 5) is 11.5. The Labute approximate surface area is 110 Å². The van der Waals surface area contributed by atoms with E-state index in [0.29, 0.717) is 0 Å². The molecule has 19 heavy (non-hydrogen) atoms. The lowest BCUT2D eigenvalue weighted by atomic mass is 9.96. The van der Waals surface area contributed by atoms with Crippen LogP contribution in [0.25, 0.3) is 0 Å². The molecule has 0 aromatic heterocycles. The molecular weight excluding hydrogens is 259 g/mol. The minimum Gasteiger partial charge on any atom is -0.444 e. The summed E-state index contributed by atoms with van der Waals surface area (Å²) in [5, 5.41) is 2.29. The van der Waals surface area contributed by atoms with Crippen LogP contribution in [-0.4, -0.2) is 23.9 Å². The highest BCUT2D eigenvalue weighted by molar-refractivity contribution is 5.68. The van der Waals surface area contributed by atoms with Gasteiger partial charge in [0.25, 0.3) is 0 Å². The highest BCUT2D eigenvalue weighted by atomic mass is 19.4. The number of terminal acetylenes is 1. The second-order valence-corrected chi connectivity index (χ2v) is 5.85. The van der Waals surface area contributed by atoms with Crippen molar-refractivity contribution in [2.45, 2.75) is 57.9 Å². The van der Waals surface area contributed by atoms with E-state index in [9.17, 15) is 18.0 Å². The van der Waals surface area contributed by atoms with E-state index in [2.05, 4.69) is 11.2 Å². The molecule has 0 spiro atoms. The summed E-state index contributed by atoms with van der Waals surface area (Å²) < 4.78 is 43.3. The highest BCUT2D eigenvalue weighted by Crippen LogP contribution is 2.60. The van der Waals surface area contributed by atoms with Gasteiger partial charge in [-0.05, 0) is 40.0 Å². The Morgan fingerprint density at radius 3 is 2.26 bits per heavy atom. The molecule has 1 amide bonds. The Hall–Kier alpha value is -1.38. The summed E-state index contributed by atoms with van der Waals surface area (Å²) in [5.41, 5.74) is -2.45. The lowest BCUT2D eigenvalue weighted by Crippen LogP contribution is -2.41. The van der Waals surface area contributed by atoms with Gasteiger partial charge in [-0.15, -0.1) is 6.42 Å². The van der Waals surface area contributed by atoms with Crippen molar-refractivity contribution in [2.24, 2.45) is 5.41 Å². The molecule has 3 nitrogen and oxygen atoms in total. The van der Waals surface area contributed by atoms with Gasteiger partial charge in [0.15, 0.2) is 0 Å². The topological polar surface area (TPSA) is 38.3 Å². The smallest absolute Gasteiger partial charge is 0.408 e. The highest BCUT2D eigenvalue weighted by Gasteiger charge is 2.63. The molecule has 0 heterocycles. The molecule has 1 rings (SSSR count). The third-order valence-electron chi connectivity index (χ3n) is 2.94. The first-order valence-corrected chi connectivity index (χ1v) is 6.01. The number of halogens is 3. The minimum absolute atomic E-state index is 0.0602. The maximum absolute atomic E-state index is 12.8. The van der Waals surface area contributed by atoms with Crippen LogP contribution < -0.4 is 5.32 Å². The van der Waals surface area contributed by atoms with E-state index in [0.717, 1.165) is 0 Å². The van der Waals surface area contributed by atoms with Gasteiger partial charge in [-0.3, -0.25) is 0 Å². The zero-order valence-electron chi connectivity index (χ0n) is 11.2. The van der Waals surface area contributed by atoms with E-state index < -0.39 is 29.3 Å². The van der Waals surface area contributed by atoms with Gasteiger partial charge in [0.05, 0.1) is 11.5 Å². The van der Waals surface area contributed by atoms with Crippen molar-refractivity contribution < 1.29 is 22.7 Å². The van der Waals surface area contributed by atoms with Gasteiger partial charge >= 0.3 is 12.3 Å². The third-order valence-corrected chi connectivity index (χ3v) is 2.94. The second-order valence-electron chi connectivity index (χ2n) is 5.85. The first-order chi connectivity index (χ1) is 8.49. The minimum atomic E-state index is -4.28. The molecule has 108 valence electrons. The van der Waals surface area contributed by atoms with Crippen LogP contribution >= 0.6 is 0 Å². The molecule has 1 unspecified atom stereocenters. The number of hydrogen-bond acceptors (Lipinski definition) is 2. The van der Waals surface area contributed by atoms with Gasteiger partial charge < -0.3 is 10.1 Å². The predicted molar refractivity (Wildman–Crippen MR) is 64.3 cm³/mol. The normalized spacial score (nSPS) is 19.2. The van der Waals surface area contributed by atoms with Crippen LogP contribution in [0.2, 0.25) is 0 Å². The number of carbonyl (C=O) groups is 1. The van der Waals surface area contributed by atoms with Crippen LogP contribution in [-0.2, 0) is 4.74 Å². The van der Waals surface area contributed by atoms with Gasteiger partial charge in [-0.25, -0.2) is 4.79 Å². The summed E-state index contributed by atoms with van der Waals surface area (Å²) in [6.07, 6.45) is -0.0813. The average molecular weight is 277 g/mol. The van der Waals surface area contributed by atoms with Gasteiger partial charge in [0.2, 0.25) is 0 Å². The fourth-order valence-electron chi connectivity index (χ4n) is 1.75. The molecule has 6 heteroatoms. The van der Waals surface area contributed by atoms with E-state index in [-0.39, 0.29) is 19.3 Å². The molecule has 1 saturated carbocycles. The van der Waals surface area contributed by atoms with E-state index in [1.54, 1.807) is 20.8 Å². The largest absolute Gasteiger partial charge is 0.444 e. The van der Waals surface area contributed by atoms with Gasteiger partial charge in [-0.2, -0.15) is 13.2 Å². The van der Waals surface area contributed by atoms with Crippen LogP contribution in [0.1, 0.15) is 40.0 Å². The Kier molecular flexibility index (Phi) is 4.08. The Morgan fingerprint density at radius 1 is 1.42 bits per heavy atom. The Balaban J connectivity index is 2.57. The Morgan fingerprint density at radius 2 is 1.95 bits per heavy atom. The molecule has 1 fully saturated rings. The van der Waals surface area contributed by atoms with Gasteiger partial charge in [0, 0.05) is 0 Å². The monoisotopic (exact) mass is 277 g/mol.